The van der Waals surface area contributed by atoms with Gasteiger partial charge in [-0.25, -0.2) is 0 Å². The Balaban J connectivity index is 0.00000220. The van der Waals surface area contributed by atoms with Crippen LogP contribution in [0.4, 0.5) is 0 Å². The fraction of sp³-hybridized carbons (Fsp3) is 0.733. The summed E-state index contributed by atoms with van der Waals surface area (Å²) in [5, 5.41) is 7.56. The molecule has 120 valence electrons. The number of hydrogen-bond donors (Lipinski definition) is 1. The van der Waals surface area contributed by atoms with Crippen LogP contribution in [0.5, 0.6) is 0 Å². The monoisotopic (exact) mass is 314 g/mol. The van der Waals surface area contributed by atoms with Gasteiger partial charge in [0.1, 0.15) is 5.69 Å². The minimum atomic E-state index is 0. The van der Waals surface area contributed by atoms with Gasteiger partial charge in [0, 0.05) is 25.3 Å². The van der Waals surface area contributed by atoms with Crippen molar-refractivity contribution < 1.29 is 4.79 Å². The Morgan fingerprint density at radius 1 is 1.43 bits per heavy atom. The molecule has 0 unspecified atom stereocenters. The van der Waals surface area contributed by atoms with Crippen LogP contribution in [0.15, 0.2) is 12.3 Å². The van der Waals surface area contributed by atoms with E-state index in [9.17, 15) is 4.79 Å². The third-order valence-corrected chi connectivity index (χ3v) is 4.06. The molecule has 0 spiro atoms. The van der Waals surface area contributed by atoms with Crippen LogP contribution in [0.2, 0.25) is 0 Å². The largest absolute Gasteiger partial charge is 0.337 e. The normalized spacial score (nSPS) is 16.1. The highest BCUT2D eigenvalue weighted by atomic mass is 35.5. The number of likely N-dealkylation sites (tertiary alicyclic amines) is 1. The smallest absolute Gasteiger partial charge is 0.274 e. The Hall–Kier alpha value is -1.07. The van der Waals surface area contributed by atoms with Gasteiger partial charge in [0.05, 0.1) is 0 Å². The van der Waals surface area contributed by atoms with E-state index in [1.165, 1.54) is 6.42 Å². The summed E-state index contributed by atoms with van der Waals surface area (Å²) in [4.78, 5) is 14.3. The number of carbonyl (C=O) groups excluding carboxylic acids is 1. The second kappa shape index (κ2) is 8.39. The molecule has 2 heterocycles. The van der Waals surface area contributed by atoms with Gasteiger partial charge in [0.2, 0.25) is 0 Å². The minimum Gasteiger partial charge on any atom is -0.337 e. The van der Waals surface area contributed by atoms with Gasteiger partial charge in [-0.05, 0) is 58.7 Å². The molecule has 1 fully saturated rings. The molecule has 21 heavy (non-hydrogen) atoms. The first-order valence-corrected chi connectivity index (χ1v) is 7.61. The number of aromatic nitrogens is 2. The molecule has 2 rings (SSSR count). The van der Waals surface area contributed by atoms with Crippen molar-refractivity contribution >= 4 is 18.3 Å². The number of halogens is 1. The number of nitrogens with zero attached hydrogens (tertiary/aromatic N) is 3. The van der Waals surface area contributed by atoms with E-state index in [-0.39, 0.29) is 18.3 Å². The minimum absolute atomic E-state index is 0. The van der Waals surface area contributed by atoms with Crippen molar-refractivity contribution in [2.24, 2.45) is 5.92 Å². The molecule has 1 saturated heterocycles. The predicted molar refractivity (Wildman–Crippen MR) is 87.0 cm³/mol. The van der Waals surface area contributed by atoms with Gasteiger partial charge in [-0.15, -0.1) is 12.4 Å². The maximum absolute atomic E-state index is 12.4. The molecule has 0 radical (unpaired) electrons. The van der Waals surface area contributed by atoms with Crippen LogP contribution >= 0.6 is 12.4 Å². The molecule has 1 amide bonds. The summed E-state index contributed by atoms with van der Waals surface area (Å²) < 4.78 is 1.84. The summed E-state index contributed by atoms with van der Waals surface area (Å²) in [5.41, 5.74) is 0.576. The summed E-state index contributed by atoms with van der Waals surface area (Å²) in [6.45, 7) is 6.92. The molecule has 1 N–H and O–H groups in total. The number of piperidine rings is 1. The molecule has 0 saturated carbocycles. The van der Waals surface area contributed by atoms with Gasteiger partial charge in [-0.3, -0.25) is 9.48 Å². The molecule has 6 heteroatoms. The van der Waals surface area contributed by atoms with Gasteiger partial charge in [0.15, 0.2) is 0 Å². The third-order valence-electron chi connectivity index (χ3n) is 4.06. The summed E-state index contributed by atoms with van der Waals surface area (Å²) in [7, 11) is 1.99. The van der Waals surface area contributed by atoms with E-state index < -0.39 is 0 Å². The highest BCUT2D eigenvalue weighted by molar-refractivity contribution is 5.92. The highest BCUT2D eigenvalue weighted by Gasteiger charge is 2.24. The first kappa shape index (κ1) is 18.0. The lowest BCUT2D eigenvalue weighted by Gasteiger charge is -2.31. The fourth-order valence-corrected chi connectivity index (χ4v) is 2.67. The first-order chi connectivity index (χ1) is 9.61. The molecular formula is C15H27ClN4O. The molecule has 1 aliphatic rings. The summed E-state index contributed by atoms with van der Waals surface area (Å²) in [6, 6.07) is 2.12. The zero-order valence-corrected chi connectivity index (χ0v) is 14.0. The lowest BCUT2D eigenvalue weighted by atomic mass is 9.93. The quantitative estimate of drug-likeness (QED) is 0.907. The van der Waals surface area contributed by atoms with E-state index in [1.807, 2.05) is 28.9 Å². The van der Waals surface area contributed by atoms with Crippen molar-refractivity contribution in [3.05, 3.63) is 18.0 Å². The lowest BCUT2D eigenvalue weighted by Crippen LogP contribution is -2.39. The van der Waals surface area contributed by atoms with Crippen molar-refractivity contribution in [1.29, 1.82) is 0 Å². The van der Waals surface area contributed by atoms with E-state index in [0.717, 1.165) is 38.4 Å². The number of hydrogen-bond acceptors (Lipinski definition) is 3. The fourth-order valence-electron chi connectivity index (χ4n) is 2.67. The van der Waals surface area contributed by atoms with Crippen molar-refractivity contribution in [3.63, 3.8) is 0 Å². The zero-order chi connectivity index (χ0) is 14.5. The Bertz CT molecular complexity index is 439. The molecule has 0 aliphatic carbocycles. The summed E-state index contributed by atoms with van der Waals surface area (Å²) >= 11 is 0. The van der Waals surface area contributed by atoms with Crippen LogP contribution in [-0.4, -0.2) is 47.3 Å². The molecule has 1 aromatic heterocycles. The maximum Gasteiger partial charge on any atom is 0.274 e. The molecule has 0 aromatic carbocycles. The number of amides is 1. The van der Waals surface area contributed by atoms with Crippen LogP contribution in [0.25, 0.3) is 0 Å². The Morgan fingerprint density at radius 2 is 2.10 bits per heavy atom. The Labute approximate surface area is 133 Å². The van der Waals surface area contributed by atoms with Crippen LogP contribution in [0, 0.1) is 5.92 Å². The number of nitrogens with one attached hydrogen (secondary N) is 1. The topological polar surface area (TPSA) is 50.2 Å². The average Bonchev–Trinajstić information content (AvgIpc) is 2.95. The zero-order valence-electron chi connectivity index (χ0n) is 13.2. The molecular weight excluding hydrogens is 288 g/mol. The van der Waals surface area contributed by atoms with Gasteiger partial charge < -0.3 is 10.2 Å². The van der Waals surface area contributed by atoms with Crippen molar-refractivity contribution in [1.82, 2.24) is 20.0 Å². The van der Waals surface area contributed by atoms with E-state index in [1.54, 1.807) is 0 Å². The van der Waals surface area contributed by atoms with Crippen LogP contribution < -0.4 is 5.32 Å². The van der Waals surface area contributed by atoms with Crippen LogP contribution in [-0.2, 0) is 0 Å². The van der Waals surface area contributed by atoms with E-state index in [4.69, 9.17) is 0 Å². The molecule has 0 atom stereocenters. The predicted octanol–water partition coefficient (Wildman–Crippen LogP) is 2.35. The van der Waals surface area contributed by atoms with Crippen LogP contribution in [0.1, 0.15) is 49.6 Å². The molecule has 1 aromatic rings. The number of carbonyl (C=O) groups is 1. The maximum atomic E-state index is 12.4. The van der Waals surface area contributed by atoms with Gasteiger partial charge in [0.25, 0.3) is 5.91 Å². The van der Waals surface area contributed by atoms with E-state index in [0.29, 0.717) is 11.7 Å². The van der Waals surface area contributed by atoms with Crippen molar-refractivity contribution in [2.45, 2.75) is 39.2 Å². The van der Waals surface area contributed by atoms with E-state index >= 15 is 0 Å². The second-order valence-corrected chi connectivity index (χ2v) is 5.90. The SMILES string of the molecule is CNCCC1CCN(C(=O)c2ccn(C(C)C)n2)CC1.Cl. The standard InChI is InChI=1S/C15H26N4O.ClH/c1-12(2)19-11-7-14(17-19)15(20)18-9-5-13(6-10-18)4-8-16-3;/h7,11-13,16H,4-6,8-10H2,1-3H3;1H. The van der Waals surface area contributed by atoms with Gasteiger partial charge in [-0.1, -0.05) is 0 Å². The number of rotatable bonds is 5. The molecule has 0 bridgehead atoms. The van der Waals surface area contributed by atoms with Gasteiger partial charge in [-0.2, -0.15) is 5.10 Å². The van der Waals surface area contributed by atoms with Crippen LogP contribution in [0.3, 0.4) is 0 Å². The van der Waals surface area contributed by atoms with Crippen molar-refractivity contribution in [2.75, 3.05) is 26.7 Å². The summed E-state index contributed by atoms with van der Waals surface area (Å²) in [6.07, 6.45) is 5.31. The molecule has 5 nitrogen and oxygen atoms in total. The first-order valence-electron chi connectivity index (χ1n) is 7.61. The third kappa shape index (κ3) is 4.71. The average molecular weight is 315 g/mol. The van der Waals surface area contributed by atoms with Crippen molar-refractivity contribution in [3.8, 4) is 0 Å². The Kier molecular flexibility index (Phi) is 7.18. The molecule has 1 aliphatic heterocycles. The Morgan fingerprint density at radius 3 is 2.62 bits per heavy atom. The van der Waals surface area contributed by atoms with Gasteiger partial charge >= 0.3 is 0 Å². The lowest BCUT2D eigenvalue weighted by molar-refractivity contribution is 0.0680. The summed E-state index contributed by atoms with van der Waals surface area (Å²) in [5.74, 6) is 0.830. The van der Waals surface area contributed by atoms with E-state index in [2.05, 4.69) is 24.3 Å². The second-order valence-electron chi connectivity index (χ2n) is 5.90. The highest BCUT2D eigenvalue weighted by Crippen LogP contribution is 2.21.